The number of aromatic amines is 1. The lowest BCUT2D eigenvalue weighted by Crippen LogP contribution is -2.05. The molecule has 0 aliphatic heterocycles. The van der Waals surface area contributed by atoms with Gasteiger partial charge in [-0.3, -0.25) is 0 Å². The molecule has 6 heteroatoms. The highest BCUT2D eigenvalue weighted by molar-refractivity contribution is 5.94. The van der Waals surface area contributed by atoms with E-state index >= 15 is 0 Å². The quantitative estimate of drug-likeness (QED) is 0.641. The van der Waals surface area contributed by atoms with Gasteiger partial charge in [0.15, 0.2) is 0 Å². The van der Waals surface area contributed by atoms with Crippen molar-refractivity contribution < 1.29 is 18.0 Å². The second-order valence-electron chi connectivity index (χ2n) is 4.51. The largest absolute Gasteiger partial charge is 0.433 e. The van der Waals surface area contributed by atoms with E-state index in [0.29, 0.717) is 5.52 Å². The highest BCUT2D eigenvalue weighted by Gasteiger charge is 2.36. The Bertz CT molecular complexity index is 664. The van der Waals surface area contributed by atoms with Crippen LogP contribution in [0.1, 0.15) is 31.0 Å². The number of H-pyrrole nitrogens is 1. The predicted octanol–water partition coefficient (Wildman–Crippen LogP) is 4.28. The van der Waals surface area contributed by atoms with Crippen LogP contribution in [0.15, 0.2) is 23.2 Å². The maximum absolute atomic E-state index is 12.8. The lowest BCUT2D eigenvalue weighted by molar-refractivity contribution is -0.140. The first-order valence-corrected chi connectivity index (χ1v) is 5.65. The minimum absolute atomic E-state index is 0.168. The molecule has 0 aliphatic carbocycles. The number of aromatic nitrogens is 1. The maximum Gasteiger partial charge on any atom is 0.433 e. The van der Waals surface area contributed by atoms with E-state index in [2.05, 4.69) is 9.98 Å². The van der Waals surface area contributed by atoms with E-state index < -0.39 is 17.6 Å². The number of alkyl halides is 3. The first-order valence-electron chi connectivity index (χ1n) is 5.65. The van der Waals surface area contributed by atoms with Crippen molar-refractivity contribution in [2.45, 2.75) is 25.9 Å². The van der Waals surface area contributed by atoms with Crippen molar-refractivity contribution in [3.05, 3.63) is 29.5 Å². The first kappa shape index (κ1) is 13.4. The summed E-state index contributed by atoms with van der Waals surface area (Å²) in [5.74, 6) is 0.168. The molecule has 0 fully saturated rings. The van der Waals surface area contributed by atoms with Crippen LogP contribution in [0.5, 0.6) is 0 Å². The molecular weight excluding hydrogens is 257 g/mol. The van der Waals surface area contributed by atoms with Gasteiger partial charge < -0.3 is 4.98 Å². The Labute approximate surface area is 107 Å². The molecule has 0 saturated heterocycles. The molecule has 0 unspecified atom stereocenters. The molecule has 1 aromatic carbocycles. The number of nitrogens with one attached hydrogen (secondary N) is 1. The second-order valence-corrected chi connectivity index (χ2v) is 4.51. The number of benzene rings is 1. The standard InChI is InChI=1S/C13H11F3N2O/c1-7(2)8-3-4-10-9(5-8)11(17-6-19)12(18-10)13(14,15)16/h3-5,7,18H,1-2H3. The van der Waals surface area contributed by atoms with Crippen molar-refractivity contribution in [1.29, 1.82) is 0 Å². The minimum atomic E-state index is -4.59. The third-order valence-corrected chi connectivity index (χ3v) is 2.90. The van der Waals surface area contributed by atoms with E-state index in [0.717, 1.165) is 5.56 Å². The second kappa shape index (κ2) is 4.55. The van der Waals surface area contributed by atoms with Crippen LogP contribution in [0.4, 0.5) is 18.9 Å². The van der Waals surface area contributed by atoms with Crippen LogP contribution in [-0.4, -0.2) is 11.1 Å². The summed E-state index contributed by atoms with van der Waals surface area (Å²) < 4.78 is 38.5. The summed E-state index contributed by atoms with van der Waals surface area (Å²) in [4.78, 5) is 15.8. The number of isocyanates is 1. The van der Waals surface area contributed by atoms with E-state index in [1.54, 1.807) is 18.2 Å². The SMILES string of the molecule is CC(C)c1ccc2[nH]c(C(F)(F)F)c(N=C=O)c2c1. The van der Waals surface area contributed by atoms with Crippen molar-refractivity contribution >= 4 is 22.7 Å². The molecule has 0 radical (unpaired) electrons. The molecule has 1 heterocycles. The number of hydrogen-bond donors (Lipinski definition) is 1. The lowest BCUT2D eigenvalue weighted by atomic mass is 10.0. The number of rotatable bonds is 2. The van der Waals surface area contributed by atoms with E-state index in [4.69, 9.17) is 0 Å². The zero-order valence-electron chi connectivity index (χ0n) is 10.3. The molecule has 0 aliphatic rings. The van der Waals surface area contributed by atoms with Crippen molar-refractivity contribution in [3.8, 4) is 0 Å². The van der Waals surface area contributed by atoms with Gasteiger partial charge in [-0.2, -0.15) is 18.2 Å². The Morgan fingerprint density at radius 2 is 2.00 bits per heavy atom. The minimum Gasteiger partial charge on any atom is -0.349 e. The van der Waals surface area contributed by atoms with Gasteiger partial charge in [-0.15, -0.1) is 0 Å². The van der Waals surface area contributed by atoms with Crippen molar-refractivity contribution in [1.82, 2.24) is 4.98 Å². The highest BCUT2D eigenvalue weighted by Crippen LogP contribution is 2.41. The van der Waals surface area contributed by atoms with Gasteiger partial charge in [-0.25, -0.2) is 4.79 Å². The van der Waals surface area contributed by atoms with Crippen LogP contribution < -0.4 is 0 Å². The van der Waals surface area contributed by atoms with E-state index in [-0.39, 0.29) is 11.3 Å². The molecule has 1 N–H and O–H groups in total. The van der Waals surface area contributed by atoms with E-state index in [1.165, 1.54) is 6.08 Å². The van der Waals surface area contributed by atoms with Gasteiger partial charge in [-0.05, 0) is 23.6 Å². The third kappa shape index (κ3) is 2.39. The number of aliphatic imine (C=N–C) groups is 1. The first-order chi connectivity index (χ1) is 8.84. The average Bonchev–Trinajstić information content (AvgIpc) is 2.68. The summed E-state index contributed by atoms with van der Waals surface area (Å²) in [6, 6.07) is 4.92. The Morgan fingerprint density at radius 1 is 1.32 bits per heavy atom. The molecule has 3 nitrogen and oxygen atoms in total. The van der Waals surface area contributed by atoms with Crippen LogP contribution in [0, 0.1) is 0 Å². The smallest absolute Gasteiger partial charge is 0.349 e. The molecule has 0 atom stereocenters. The molecule has 1 aromatic heterocycles. The summed E-state index contributed by atoms with van der Waals surface area (Å²) >= 11 is 0. The lowest BCUT2D eigenvalue weighted by Gasteiger charge is -2.05. The van der Waals surface area contributed by atoms with Crippen LogP contribution >= 0.6 is 0 Å². The van der Waals surface area contributed by atoms with Gasteiger partial charge in [0.2, 0.25) is 6.08 Å². The van der Waals surface area contributed by atoms with Crippen LogP contribution in [0.3, 0.4) is 0 Å². The summed E-state index contributed by atoms with van der Waals surface area (Å²) in [6.07, 6.45) is -3.41. The van der Waals surface area contributed by atoms with Crippen LogP contribution in [0.2, 0.25) is 0 Å². The Morgan fingerprint density at radius 3 is 2.53 bits per heavy atom. The number of nitrogens with zero attached hydrogens (tertiary/aromatic N) is 1. The van der Waals surface area contributed by atoms with Crippen LogP contribution in [0.25, 0.3) is 10.9 Å². The van der Waals surface area contributed by atoms with Gasteiger partial charge in [-0.1, -0.05) is 19.9 Å². The molecular formula is C13H11F3N2O. The molecule has 0 amide bonds. The Hall–Kier alpha value is -2.07. The molecule has 2 aromatic rings. The zero-order chi connectivity index (χ0) is 14.2. The molecule has 0 saturated carbocycles. The molecule has 19 heavy (non-hydrogen) atoms. The molecule has 0 spiro atoms. The van der Waals surface area contributed by atoms with Gasteiger partial charge >= 0.3 is 6.18 Å². The number of hydrogen-bond acceptors (Lipinski definition) is 2. The average molecular weight is 268 g/mol. The van der Waals surface area contributed by atoms with Gasteiger partial charge in [0.05, 0.1) is 0 Å². The third-order valence-electron chi connectivity index (χ3n) is 2.90. The highest BCUT2D eigenvalue weighted by atomic mass is 19.4. The number of carbonyl (C=O) groups excluding carboxylic acids is 1. The molecule has 100 valence electrons. The zero-order valence-corrected chi connectivity index (χ0v) is 10.3. The normalized spacial score (nSPS) is 11.9. The predicted molar refractivity (Wildman–Crippen MR) is 65.2 cm³/mol. The summed E-state index contributed by atoms with van der Waals surface area (Å²) in [5.41, 5.74) is -0.250. The summed E-state index contributed by atoms with van der Waals surface area (Å²) in [6.45, 7) is 3.86. The van der Waals surface area contributed by atoms with E-state index in [9.17, 15) is 18.0 Å². The van der Waals surface area contributed by atoms with Gasteiger partial charge in [0, 0.05) is 10.9 Å². The van der Waals surface area contributed by atoms with Crippen LogP contribution in [-0.2, 0) is 11.0 Å². The van der Waals surface area contributed by atoms with Gasteiger partial charge in [0.1, 0.15) is 11.4 Å². The topological polar surface area (TPSA) is 45.2 Å². The maximum atomic E-state index is 12.8. The van der Waals surface area contributed by atoms with Crippen molar-refractivity contribution in [2.24, 2.45) is 4.99 Å². The fourth-order valence-electron chi connectivity index (χ4n) is 1.92. The van der Waals surface area contributed by atoms with E-state index in [1.807, 2.05) is 13.8 Å². The molecule has 2 rings (SSSR count). The Balaban J connectivity index is 2.79. The fraction of sp³-hybridized carbons (Fsp3) is 0.308. The Kier molecular flexibility index (Phi) is 3.20. The summed E-state index contributed by atoms with van der Waals surface area (Å²) in [5, 5.41) is 0.280. The van der Waals surface area contributed by atoms with Crippen molar-refractivity contribution in [2.75, 3.05) is 0 Å². The fourth-order valence-corrected chi connectivity index (χ4v) is 1.92. The monoisotopic (exact) mass is 268 g/mol. The number of halogens is 3. The molecule has 0 bridgehead atoms. The summed E-state index contributed by atoms with van der Waals surface area (Å²) in [7, 11) is 0. The van der Waals surface area contributed by atoms with Gasteiger partial charge in [0.25, 0.3) is 0 Å². The van der Waals surface area contributed by atoms with Crippen molar-refractivity contribution in [3.63, 3.8) is 0 Å². The number of fused-ring (bicyclic) bond motifs is 1.